The number of nitrogens with one attached hydrogen (secondary N) is 1. The maximum Gasteiger partial charge on any atom is 0.121 e. The molecular formula is C12H16Cl2N2O. The highest BCUT2D eigenvalue weighted by molar-refractivity contribution is 6.42. The smallest absolute Gasteiger partial charge is 0.121 e. The summed E-state index contributed by atoms with van der Waals surface area (Å²) in [5, 5.41) is 14.0. The van der Waals surface area contributed by atoms with Crippen LogP contribution in [0.2, 0.25) is 10.0 Å². The number of hydrogen-bond acceptors (Lipinski definition) is 3. The summed E-state index contributed by atoms with van der Waals surface area (Å²) in [6.45, 7) is 1.95. The van der Waals surface area contributed by atoms with Crippen molar-refractivity contribution in [2.75, 3.05) is 13.1 Å². The highest BCUT2D eigenvalue weighted by atomic mass is 35.5. The van der Waals surface area contributed by atoms with E-state index in [2.05, 4.69) is 5.32 Å². The first-order valence-corrected chi connectivity index (χ1v) is 6.49. The van der Waals surface area contributed by atoms with Gasteiger partial charge in [-0.25, -0.2) is 0 Å². The van der Waals surface area contributed by atoms with E-state index in [1.165, 1.54) is 6.07 Å². The minimum atomic E-state index is -0.188. The molecule has 0 bridgehead atoms. The lowest BCUT2D eigenvalue weighted by Crippen LogP contribution is -2.33. The Morgan fingerprint density at radius 2 is 1.82 bits per heavy atom. The summed E-state index contributed by atoms with van der Waals surface area (Å²) in [4.78, 5) is 0. The molecule has 4 N–H and O–H groups in total. The highest BCUT2D eigenvalue weighted by Gasteiger charge is 2.24. The minimum absolute atomic E-state index is 0.130. The van der Waals surface area contributed by atoms with Crippen LogP contribution in [0, 0.1) is 5.92 Å². The van der Waals surface area contributed by atoms with Crippen molar-refractivity contribution in [2.24, 2.45) is 11.7 Å². The van der Waals surface area contributed by atoms with E-state index in [9.17, 15) is 5.11 Å². The molecule has 1 saturated heterocycles. The van der Waals surface area contributed by atoms with Crippen molar-refractivity contribution >= 4 is 23.2 Å². The van der Waals surface area contributed by atoms with E-state index in [1.807, 2.05) is 0 Å². The Kier molecular flexibility index (Phi) is 4.15. The van der Waals surface area contributed by atoms with Gasteiger partial charge in [0.05, 0.1) is 10.0 Å². The molecular weight excluding hydrogens is 259 g/mol. The standard InChI is InChI=1S/C12H16Cl2N2O/c13-9-5-8(11(17)6-10(9)14)12(15)7-1-3-16-4-2-7/h5-7,12,16-17H,1-4,15H2. The molecule has 17 heavy (non-hydrogen) atoms. The van der Waals surface area contributed by atoms with Crippen LogP contribution in [0.4, 0.5) is 0 Å². The van der Waals surface area contributed by atoms with Crippen molar-refractivity contribution in [2.45, 2.75) is 18.9 Å². The Morgan fingerprint density at radius 1 is 1.24 bits per heavy atom. The topological polar surface area (TPSA) is 58.3 Å². The zero-order chi connectivity index (χ0) is 12.4. The number of phenolic OH excluding ortho intramolecular Hbond substituents is 1. The van der Waals surface area contributed by atoms with Crippen molar-refractivity contribution in [3.63, 3.8) is 0 Å². The summed E-state index contributed by atoms with van der Waals surface area (Å²) in [6.07, 6.45) is 2.03. The van der Waals surface area contributed by atoms with Gasteiger partial charge in [0, 0.05) is 17.7 Å². The van der Waals surface area contributed by atoms with Crippen LogP contribution in [0.25, 0.3) is 0 Å². The summed E-state index contributed by atoms with van der Waals surface area (Å²) in [5.74, 6) is 0.504. The summed E-state index contributed by atoms with van der Waals surface area (Å²) >= 11 is 11.8. The van der Waals surface area contributed by atoms with Gasteiger partial charge in [0.2, 0.25) is 0 Å². The Labute approximate surface area is 111 Å². The first kappa shape index (κ1) is 13.0. The van der Waals surface area contributed by atoms with Gasteiger partial charge in [-0.15, -0.1) is 0 Å². The van der Waals surface area contributed by atoms with Gasteiger partial charge in [0.1, 0.15) is 5.75 Å². The molecule has 3 nitrogen and oxygen atoms in total. The number of aromatic hydroxyl groups is 1. The molecule has 1 heterocycles. The molecule has 1 atom stereocenters. The van der Waals surface area contributed by atoms with Gasteiger partial charge in [0.15, 0.2) is 0 Å². The lowest BCUT2D eigenvalue weighted by Gasteiger charge is -2.28. The van der Waals surface area contributed by atoms with Crippen molar-refractivity contribution < 1.29 is 5.11 Å². The van der Waals surface area contributed by atoms with Crippen LogP contribution < -0.4 is 11.1 Å². The molecule has 0 radical (unpaired) electrons. The lowest BCUT2D eigenvalue weighted by atomic mass is 9.86. The summed E-state index contributed by atoms with van der Waals surface area (Å²) in [7, 11) is 0. The third-order valence-corrected chi connectivity index (χ3v) is 4.04. The number of benzene rings is 1. The molecule has 1 aromatic rings. The largest absolute Gasteiger partial charge is 0.508 e. The molecule has 1 aromatic carbocycles. The predicted octanol–water partition coefficient (Wildman–Crippen LogP) is 2.70. The van der Waals surface area contributed by atoms with Crippen LogP contribution in [0.15, 0.2) is 12.1 Å². The van der Waals surface area contributed by atoms with E-state index in [-0.39, 0.29) is 11.8 Å². The molecule has 0 aromatic heterocycles. The number of phenols is 1. The first-order valence-electron chi connectivity index (χ1n) is 5.74. The van der Waals surface area contributed by atoms with Gasteiger partial charge >= 0.3 is 0 Å². The maximum atomic E-state index is 9.88. The van der Waals surface area contributed by atoms with Crippen LogP contribution in [0.5, 0.6) is 5.75 Å². The average molecular weight is 275 g/mol. The number of halogens is 2. The SMILES string of the molecule is NC(c1cc(Cl)c(Cl)cc1O)C1CCNCC1. The summed E-state index contributed by atoms with van der Waals surface area (Å²) in [6, 6.07) is 2.94. The quantitative estimate of drug-likeness (QED) is 0.777. The molecule has 1 aliphatic heterocycles. The molecule has 2 rings (SSSR count). The van der Waals surface area contributed by atoms with Crippen molar-refractivity contribution in [3.05, 3.63) is 27.7 Å². The van der Waals surface area contributed by atoms with E-state index in [0.29, 0.717) is 21.5 Å². The van der Waals surface area contributed by atoms with Gasteiger partial charge in [-0.3, -0.25) is 0 Å². The van der Waals surface area contributed by atoms with Gasteiger partial charge in [0.25, 0.3) is 0 Å². The zero-order valence-corrected chi connectivity index (χ0v) is 10.9. The van der Waals surface area contributed by atoms with Crippen LogP contribution in [-0.4, -0.2) is 18.2 Å². The monoisotopic (exact) mass is 274 g/mol. The van der Waals surface area contributed by atoms with E-state index < -0.39 is 0 Å². The fourth-order valence-corrected chi connectivity index (χ4v) is 2.61. The van der Waals surface area contributed by atoms with E-state index in [0.717, 1.165) is 25.9 Å². The van der Waals surface area contributed by atoms with Crippen molar-refractivity contribution in [1.29, 1.82) is 0 Å². The van der Waals surface area contributed by atoms with Crippen molar-refractivity contribution in [1.82, 2.24) is 5.32 Å². The van der Waals surface area contributed by atoms with Gasteiger partial charge in [-0.2, -0.15) is 0 Å². The average Bonchev–Trinajstić information content (AvgIpc) is 2.34. The summed E-state index contributed by atoms with van der Waals surface area (Å²) in [5.41, 5.74) is 6.89. The third-order valence-electron chi connectivity index (χ3n) is 3.32. The molecule has 5 heteroatoms. The van der Waals surface area contributed by atoms with E-state index >= 15 is 0 Å². The Morgan fingerprint density at radius 3 is 2.47 bits per heavy atom. The normalized spacial score (nSPS) is 19.2. The van der Waals surface area contributed by atoms with Crippen LogP contribution >= 0.6 is 23.2 Å². The third kappa shape index (κ3) is 2.86. The molecule has 1 aliphatic rings. The number of piperidine rings is 1. The summed E-state index contributed by atoms with van der Waals surface area (Å²) < 4.78 is 0. The first-order chi connectivity index (χ1) is 8.09. The molecule has 1 unspecified atom stereocenters. The fourth-order valence-electron chi connectivity index (χ4n) is 2.28. The van der Waals surface area contributed by atoms with Gasteiger partial charge < -0.3 is 16.2 Å². The minimum Gasteiger partial charge on any atom is -0.508 e. The fraction of sp³-hybridized carbons (Fsp3) is 0.500. The number of rotatable bonds is 2. The van der Waals surface area contributed by atoms with Crippen LogP contribution in [0.3, 0.4) is 0 Å². The Balaban J connectivity index is 2.23. The van der Waals surface area contributed by atoms with E-state index in [4.69, 9.17) is 28.9 Å². The zero-order valence-electron chi connectivity index (χ0n) is 9.42. The molecule has 1 fully saturated rings. The Hall–Kier alpha value is -0.480. The molecule has 0 aliphatic carbocycles. The van der Waals surface area contributed by atoms with Gasteiger partial charge in [-0.05, 0) is 37.9 Å². The predicted molar refractivity (Wildman–Crippen MR) is 70.6 cm³/mol. The Bertz CT molecular complexity index is 406. The second-order valence-electron chi connectivity index (χ2n) is 4.44. The second kappa shape index (κ2) is 5.44. The number of nitrogens with two attached hydrogens (primary N) is 1. The molecule has 94 valence electrons. The molecule has 0 amide bonds. The lowest BCUT2D eigenvalue weighted by molar-refractivity contribution is 0.316. The number of hydrogen-bond donors (Lipinski definition) is 3. The van der Waals surface area contributed by atoms with Crippen molar-refractivity contribution in [3.8, 4) is 5.75 Å². The van der Waals surface area contributed by atoms with Gasteiger partial charge in [-0.1, -0.05) is 23.2 Å². The van der Waals surface area contributed by atoms with E-state index in [1.54, 1.807) is 6.07 Å². The second-order valence-corrected chi connectivity index (χ2v) is 5.25. The molecule has 0 spiro atoms. The van der Waals surface area contributed by atoms with Crippen LogP contribution in [-0.2, 0) is 0 Å². The molecule has 0 saturated carbocycles. The maximum absolute atomic E-state index is 9.88. The highest BCUT2D eigenvalue weighted by Crippen LogP contribution is 2.36. The van der Waals surface area contributed by atoms with Crippen LogP contribution in [0.1, 0.15) is 24.4 Å².